The highest BCUT2D eigenvalue weighted by Crippen LogP contribution is 2.51. The summed E-state index contributed by atoms with van der Waals surface area (Å²) in [5.41, 5.74) is 3.90. The van der Waals surface area contributed by atoms with Crippen molar-refractivity contribution >= 4 is 71.0 Å². The minimum absolute atomic E-state index is 0.0955. The van der Waals surface area contributed by atoms with Gasteiger partial charge in [0.2, 0.25) is 5.91 Å². The van der Waals surface area contributed by atoms with Crippen LogP contribution in [0.1, 0.15) is 37.4 Å². The molecule has 0 aliphatic carbocycles. The second-order valence-corrected chi connectivity index (χ2v) is 13.7. The molecule has 11 heteroatoms. The minimum Gasteiger partial charge on any atom is -0.354 e. The van der Waals surface area contributed by atoms with Gasteiger partial charge < -0.3 is 9.80 Å². The summed E-state index contributed by atoms with van der Waals surface area (Å²) in [6.07, 6.45) is 4.62. The molecule has 0 bridgehead atoms. The Labute approximate surface area is 252 Å². The van der Waals surface area contributed by atoms with Gasteiger partial charge in [-0.15, -0.1) is 5.10 Å². The number of aromatic nitrogens is 4. The second kappa shape index (κ2) is 11.7. The van der Waals surface area contributed by atoms with Crippen LogP contribution >= 0.6 is 53.4 Å². The molecule has 0 atom stereocenters. The lowest BCUT2D eigenvalue weighted by Gasteiger charge is -2.18. The zero-order valence-electron chi connectivity index (χ0n) is 21.5. The van der Waals surface area contributed by atoms with E-state index >= 15 is 0 Å². The number of carbonyl (C=O) groups excluding carboxylic acids is 1. The van der Waals surface area contributed by atoms with Crippen LogP contribution < -0.4 is 9.80 Å². The van der Waals surface area contributed by atoms with Crippen LogP contribution in [0, 0.1) is 0 Å². The van der Waals surface area contributed by atoms with Crippen molar-refractivity contribution in [3.63, 3.8) is 0 Å². The van der Waals surface area contributed by atoms with E-state index in [1.54, 1.807) is 33.2 Å². The first-order valence-electron chi connectivity index (χ1n) is 13.1. The number of benzene rings is 2. The fraction of sp³-hybridized carbons (Fsp3) is 0.321. The number of nitrogens with zero attached hydrogens (tertiary/aromatic N) is 5. The van der Waals surface area contributed by atoms with Gasteiger partial charge >= 0.3 is 0 Å². The highest BCUT2D eigenvalue weighted by molar-refractivity contribution is 9.10. The summed E-state index contributed by atoms with van der Waals surface area (Å²) in [5.74, 6) is 1.78. The van der Waals surface area contributed by atoms with Gasteiger partial charge in [0.1, 0.15) is 0 Å². The van der Waals surface area contributed by atoms with Gasteiger partial charge in [0, 0.05) is 53.2 Å². The first kappa shape index (κ1) is 27.0. The number of aromatic amines is 1. The summed E-state index contributed by atoms with van der Waals surface area (Å²) in [4.78, 5) is 19.6. The predicted octanol–water partition coefficient (Wildman–Crippen LogP) is 8.13. The van der Waals surface area contributed by atoms with Crippen LogP contribution in [-0.4, -0.2) is 52.1 Å². The van der Waals surface area contributed by atoms with Gasteiger partial charge in [0.25, 0.3) is 0 Å². The maximum Gasteiger partial charge on any atom is 0.244 e. The summed E-state index contributed by atoms with van der Waals surface area (Å²) in [7, 11) is 3.37. The van der Waals surface area contributed by atoms with Crippen LogP contribution in [0.25, 0.3) is 22.5 Å². The smallest absolute Gasteiger partial charge is 0.244 e. The molecule has 6 rings (SSSR count). The molecule has 0 unspecified atom stereocenters. The Morgan fingerprint density at radius 2 is 1.28 bits per heavy atom. The molecule has 7 nitrogen and oxygen atoms in total. The molecule has 4 heterocycles. The van der Waals surface area contributed by atoms with Gasteiger partial charge in [0.05, 0.1) is 21.2 Å². The molecular weight excluding hydrogens is 660 g/mol. The van der Waals surface area contributed by atoms with E-state index in [9.17, 15) is 4.79 Å². The van der Waals surface area contributed by atoms with Crippen LogP contribution in [-0.2, 0) is 0 Å². The predicted molar refractivity (Wildman–Crippen MR) is 168 cm³/mol. The van der Waals surface area contributed by atoms with E-state index in [1.807, 2.05) is 24.3 Å². The van der Waals surface area contributed by atoms with Gasteiger partial charge in [-0.1, -0.05) is 56.1 Å². The van der Waals surface area contributed by atoms with E-state index in [0.29, 0.717) is 0 Å². The van der Waals surface area contributed by atoms with Crippen molar-refractivity contribution in [1.29, 1.82) is 0 Å². The minimum atomic E-state index is -0.0955. The van der Waals surface area contributed by atoms with Gasteiger partial charge in [-0.25, -0.2) is 0 Å². The van der Waals surface area contributed by atoms with E-state index in [1.165, 1.54) is 12.8 Å². The lowest BCUT2D eigenvalue weighted by Crippen LogP contribution is -2.19. The van der Waals surface area contributed by atoms with Gasteiger partial charge in [-0.2, -0.15) is 9.78 Å². The van der Waals surface area contributed by atoms with Crippen molar-refractivity contribution in [3.8, 4) is 22.5 Å². The van der Waals surface area contributed by atoms with Crippen molar-refractivity contribution in [2.24, 2.45) is 0 Å². The fourth-order valence-electron chi connectivity index (χ4n) is 5.13. The molecule has 2 fully saturated rings. The summed E-state index contributed by atoms with van der Waals surface area (Å²) in [5, 5.41) is 13.0. The molecule has 2 aromatic heterocycles. The number of nitrogens with one attached hydrogen (secondary N) is 1. The molecule has 1 N–H and O–H groups in total. The average Bonchev–Trinajstić information content (AvgIpc) is 3.74. The monoisotopic (exact) mass is 686 g/mol. The van der Waals surface area contributed by atoms with Crippen molar-refractivity contribution in [3.05, 3.63) is 57.5 Å². The van der Waals surface area contributed by atoms with Gasteiger partial charge in [-0.05, 0) is 71.5 Å². The summed E-state index contributed by atoms with van der Waals surface area (Å²) in [6.45, 7) is 5.49. The molecule has 0 saturated carbocycles. The van der Waals surface area contributed by atoms with Gasteiger partial charge in [-0.3, -0.25) is 9.89 Å². The number of carbonyl (C=O) groups is 1. The highest BCUT2D eigenvalue weighted by atomic mass is 79.9. The highest BCUT2D eigenvalue weighted by Gasteiger charge is 2.29. The molecule has 2 aliphatic rings. The summed E-state index contributed by atoms with van der Waals surface area (Å²) >= 11 is 7.11. The topological polar surface area (TPSA) is 70.1 Å². The lowest BCUT2D eigenvalue weighted by molar-refractivity contribution is 0.0923. The molecule has 0 radical (unpaired) electrons. The second-order valence-electron chi connectivity index (χ2n) is 9.75. The van der Waals surface area contributed by atoms with E-state index in [2.05, 4.69) is 71.0 Å². The molecule has 202 valence electrons. The summed E-state index contributed by atoms with van der Waals surface area (Å²) in [6, 6.07) is 16.4. The molecule has 0 spiro atoms. The molecule has 2 aliphatic heterocycles. The largest absolute Gasteiger partial charge is 0.354 e. The Bertz CT molecular complexity index is 1470. The lowest BCUT2D eigenvalue weighted by atomic mass is 10.1. The van der Waals surface area contributed by atoms with Crippen LogP contribution in [0.4, 0.5) is 11.6 Å². The third kappa shape index (κ3) is 5.55. The first-order chi connectivity index (χ1) is 19.0. The van der Waals surface area contributed by atoms with E-state index in [-0.39, 0.29) is 5.91 Å². The Balaban J connectivity index is 1.45. The number of anilines is 2. The Morgan fingerprint density at radius 1 is 0.769 bits per heavy atom. The zero-order valence-corrected chi connectivity index (χ0v) is 26.3. The third-order valence-corrected chi connectivity index (χ3v) is 10.6. The number of H-pyrrole nitrogens is 1. The van der Waals surface area contributed by atoms with E-state index < -0.39 is 0 Å². The number of halogens is 2. The van der Waals surface area contributed by atoms with Crippen LogP contribution in [0.5, 0.6) is 0 Å². The number of hydrogen-bond acceptors (Lipinski definition) is 7. The van der Waals surface area contributed by atoms with Crippen molar-refractivity contribution < 1.29 is 4.79 Å². The number of hydrogen-bond donors (Lipinski definition) is 1. The average molecular weight is 689 g/mol. The van der Waals surface area contributed by atoms with Gasteiger partial charge in [0.15, 0.2) is 11.6 Å². The summed E-state index contributed by atoms with van der Waals surface area (Å²) < 4.78 is 3.61. The fourth-order valence-corrected chi connectivity index (χ4v) is 8.29. The van der Waals surface area contributed by atoms with Crippen LogP contribution in [0.3, 0.4) is 0 Å². The normalized spacial score (nSPS) is 15.5. The van der Waals surface area contributed by atoms with Crippen molar-refractivity contribution in [2.45, 2.75) is 42.4 Å². The molecule has 2 saturated heterocycles. The zero-order chi connectivity index (χ0) is 26.9. The Hall–Kier alpha value is -2.21. The third-order valence-electron chi connectivity index (χ3n) is 7.10. The van der Waals surface area contributed by atoms with Crippen molar-refractivity contribution in [1.82, 2.24) is 20.0 Å². The van der Waals surface area contributed by atoms with E-state index in [4.69, 9.17) is 10.2 Å². The maximum absolute atomic E-state index is 12.8. The molecule has 4 aromatic rings. The molecule has 39 heavy (non-hydrogen) atoms. The quantitative estimate of drug-likeness (QED) is 0.197. The van der Waals surface area contributed by atoms with Crippen LogP contribution in [0.2, 0.25) is 0 Å². The maximum atomic E-state index is 12.8. The molecular formula is C28H28Br2N6OS2. The molecule has 0 amide bonds. The standard InChI is InChI=1S/C28H28Br2N6OS2/c1-18(37)36-24(20-8-12-22(30)13-9-20)26(28(33-36)35-16-4-5-17-35)39-38-25-23(19-6-10-21(29)11-7-19)31-32-27(25)34-14-2-3-15-34/h6-13H,2-5,14-17H2,1H3,(H,31,32). The molecule has 2 aromatic carbocycles. The Kier molecular flexibility index (Phi) is 8.11. The number of rotatable bonds is 7. The van der Waals surface area contributed by atoms with Crippen LogP contribution in [0.15, 0.2) is 67.3 Å². The van der Waals surface area contributed by atoms with Crippen molar-refractivity contribution in [2.75, 3.05) is 36.0 Å². The van der Waals surface area contributed by atoms with E-state index in [0.717, 1.165) is 91.9 Å². The first-order valence-corrected chi connectivity index (χ1v) is 16.8. The SMILES string of the molecule is CC(=O)n1nc(N2CCCC2)c(SSc2c(N3CCCC3)n[nH]c2-c2ccc(Br)cc2)c1-c1ccc(Br)cc1. The Morgan fingerprint density at radius 3 is 1.85 bits per heavy atom.